The van der Waals surface area contributed by atoms with Gasteiger partial charge >= 0.3 is 0 Å². The zero-order chi connectivity index (χ0) is 14.8. The Morgan fingerprint density at radius 3 is 2.90 bits per heavy atom. The summed E-state index contributed by atoms with van der Waals surface area (Å²) in [6.45, 7) is 3.29. The Morgan fingerprint density at radius 2 is 2.20 bits per heavy atom. The lowest BCUT2D eigenvalue weighted by atomic mass is 10.4. The van der Waals surface area contributed by atoms with Gasteiger partial charge in [0.15, 0.2) is 5.82 Å². The number of hydrogen-bond acceptors (Lipinski definition) is 5. The summed E-state index contributed by atoms with van der Waals surface area (Å²) in [4.78, 5) is 11.3. The molecule has 2 rings (SSSR count). The average Bonchev–Trinajstić information content (AvgIpc) is 2.61. The Kier molecular flexibility index (Phi) is 4.29. The number of carbonyl (C=O) groups is 1. The van der Waals surface area contributed by atoms with Gasteiger partial charge in [-0.25, -0.2) is 8.42 Å². The molecule has 0 atom stereocenters. The van der Waals surface area contributed by atoms with E-state index in [9.17, 15) is 13.2 Å². The van der Waals surface area contributed by atoms with E-state index in [0.717, 1.165) is 6.42 Å². The number of nitrogen functional groups attached to an aromatic ring is 1. The molecule has 0 radical (unpaired) electrons. The Hall–Kier alpha value is -1.61. The first-order chi connectivity index (χ1) is 9.45. The van der Waals surface area contributed by atoms with E-state index in [1.165, 1.54) is 15.2 Å². The van der Waals surface area contributed by atoms with Crippen molar-refractivity contribution >= 4 is 21.7 Å². The molecule has 0 unspecified atom stereocenters. The van der Waals surface area contributed by atoms with Crippen molar-refractivity contribution in [1.82, 2.24) is 19.4 Å². The van der Waals surface area contributed by atoms with Crippen molar-refractivity contribution in [3.8, 4) is 0 Å². The third kappa shape index (κ3) is 2.93. The number of anilines is 1. The van der Waals surface area contributed by atoms with Crippen LogP contribution in [0.15, 0.2) is 11.1 Å². The molecule has 1 fully saturated rings. The summed E-state index contributed by atoms with van der Waals surface area (Å²) in [7, 11) is -3.70. The van der Waals surface area contributed by atoms with Crippen molar-refractivity contribution in [2.75, 3.05) is 25.4 Å². The minimum absolute atomic E-state index is 0.00184. The molecule has 1 aliphatic heterocycles. The molecule has 9 heteroatoms. The number of nitrogens with one attached hydrogen (secondary N) is 1. The molecule has 0 spiro atoms. The van der Waals surface area contributed by atoms with Gasteiger partial charge in [0.25, 0.3) is 0 Å². The molecule has 3 N–H and O–H groups in total. The van der Waals surface area contributed by atoms with Crippen LogP contribution in [0.5, 0.6) is 0 Å². The van der Waals surface area contributed by atoms with Crippen LogP contribution in [-0.2, 0) is 21.4 Å². The van der Waals surface area contributed by atoms with Gasteiger partial charge in [-0.05, 0) is 6.42 Å². The van der Waals surface area contributed by atoms with E-state index >= 15 is 0 Å². The summed E-state index contributed by atoms with van der Waals surface area (Å²) < 4.78 is 27.9. The molecular weight excluding hydrogens is 282 g/mol. The summed E-state index contributed by atoms with van der Waals surface area (Å²) in [5.41, 5.74) is 5.71. The molecule has 0 aromatic carbocycles. The van der Waals surface area contributed by atoms with Gasteiger partial charge in [-0.3, -0.25) is 9.48 Å². The highest BCUT2D eigenvalue weighted by molar-refractivity contribution is 7.89. The number of nitrogens with two attached hydrogens (primary N) is 1. The number of amides is 1. The van der Waals surface area contributed by atoms with Gasteiger partial charge in [0.1, 0.15) is 4.90 Å². The number of aromatic nitrogens is 2. The van der Waals surface area contributed by atoms with E-state index in [4.69, 9.17) is 5.73 Å². The Balaban J connectivity index is 2.27. The number of nitrogens with zero attached hydrogens (tertiary/aromatic N) is 3. The lowest BCUT2D eigenvalue weighted by molar-refractivity contribution is -0.120. The predicted octanol–water partition coefficient (Wildman–Crippen LogP) is -0.614. The second-order valence-electron chi connectivity index (χ2n) is 4.65. The second kappa shape index (κ2) is 5.80. The van der Waals surface area contributed by atoms with Gasteiger partial charge in [-0.15, -0.1) is 0 Å². The van der Waals surface area contributed by atoms with Crippen molar-refractivity contribution in [1.29, 1.82) is 0 Å². The van der Waals surface area contributed by atoms with Crippen LogP contribution in [0.25, 0.3) is 0 Å². The SMILES string of the molecule is CCCn1cc(S(=O)(=O)N2CCNC(=O)CC2)c(N)n1. The number of carbonyl (C=O) groups excluding carboxylic acids is 1. The Morgan fingerprint density at radius 1 is 1.45 bits per heavy atom. The fourth-order valence-corrected chi connectivity index (χ4v) is 3.59. The minimum atomic E-state index is -3.70. The lowest BCUT2D eigenvalue weighted by Crippen LogP contribution is -2.34. The first-order valence-electron chi connectivity index (χ1n) is 6.55. The van der Waals surface area contributed by atoms with Crippen molar-refractivity contribution in [3.63, 3.8) is 0 Å². The predicted molar refractivity (Wildman–Crippen MR) is 73.3 cm³/mol. The highest BCUT2D eigenvalue weighted by Gasteiger charge is 2.30. The fraction of sp³-hybridized carbons (Fsp3) is 0.636. The van der Waals surface area contributed by atoms with Crippen molar-refractivity contribution in [3.05, 3.63) is 6.20 Å². The van der Waals surface area contributed by atoms with Crippen molar-refractivity contribution in [2.45, 2.75) is 31.2 Å². The van der Waals surface area contributed by atoms with Crippen molar-refractivity contribution in [2.24, 2.45) is 0 Å². The second-order valence-corrected chi connectivity index (χ2v) is 6.55. The van der Waals surface area contributed by atoms with Crippen LogP contribution in [0.3, 0.4) is 0 Å². The van der Waals surface area contributed by atoms with Crippen LogP contribution in [0.4, 0.5) is 5.82 Å². The van der Waals surface area contributed by atoms with E-state index in [0.29, 0.717) is 13.1 Å². The van der Waals surface area contributed by atoms with Crippen LogP contribution < -0.4 is 11.1 Å². The van der Waals surface area contributed by atoms with E-state index in [1.807, 2.05) is 6.92 Å². The van der Waals surface area contributed by atoms with E-state index < -0.39 is 10.0 Å². The van der Waals surface area contributed by atoms with Crippen LogP contribution >= 0.6 is 0 Å². The minimum Gasteiger partial charge on any atom is -0.381 e. The molecule has 20 heavy (non-hydrogen) atoms. The summed E-state index contributed by atoms with van der Waals surface area (Å²) in [5, 5.41) is 6.65. The molecular formula is C11H19N5O3S. The first-order valence-corrected chi connectivity index (χ1v) is 7.99. The maximum absolute atomic E-state index is 12.5. The molecule has 1 saturated heterocycles. The highest BCUT2D eigenvalue weighted by atomic mass is 32.2. The fourth-order valence-electron chi connectivity index (χ4n) is 2.09. The van der Waals surface area contributed by atoms with E-state index in [-0.39, 0.29) is 36.1 Å². The van der Waals surface area contributed by atoms with Gasteiger partial charge < -0.3 is 11.1 Å². The van der Waals surface area contributed by atoms with Crippen molar-refractivity contribution < 1.29 is 13.2 Å². The van der Waals surface area contributed by atoms with E-state index in [1.54, 1.807) is 0 Å². The van der Waals surface area contributed by atoms with E-state index in [2.05, 4.69) is 10.4 Å². The van der Waals surface area contributed by atoms with Crippen LogP contribution in [0.2, 0.25) is 0 Å². The van der Waals surface area contributed by atoms with Gasteiger partial charge in [-0.1, -0.05) is 6.92 Å². The van der Waals surface area contributed by atoms with Crippen LogP contribution in [0.1, 0.15) is 19.8 Å². The highest BCUT2D eigenvalue weighted by Crippen LogP contribution is 2.21. The molecule has 0 bridgehead atoms. The molecule has 2 heterocycles. The van der Waals surface area contributed by atoms with Crippen LogP contribution in [0, 0.1) is 0 Å². The number of sulfonamides is 1. The zero-order valence-corrected chi connectivity index (χ0v) is 12.2. The smallest absolute Gasteiger partial charge is 0.248 e. The van der Waals surface area contributed by atoms with Gasteiger partial charge in [0, 0.05) is 38.8 Å². The summed E-state index contributed by atoms with van der Waals surface area (Å²) in [6.07, 6.45) is 2.44. The Labute approximate surface area is 118 Å². The third-order valence-corrected chi connectivity index (χ3v) is 5.01. The molecule has 1 aromatic rings. The number of rotatable bonds is 4. The standard InChI is InChI=1S/C11H19N5O3S/c1-2-5-15-8-9(11(12)14-15)20(18,19)16-6-3-10(17)13-4-7-16/h8H,2-7H2,1H3,(H2,12,14)(H,13,17). The molecule has 1 aliphatic rings. The number of hydrogen-bond donors (Lipinski definition) is 2. The zero-order valence-electron chi connectivity index (χ0n) is 11.4. The summed E-state index contributed by atoms with van der Waals surface area (Å²) in [6, 6.07) is 0. The van der Waals surface area contributed by atoms with Gasteiger partial charge in [0.05, 0.1) is 0 Å². The number of aryl methyl sites for hydroxylation is 1. The lowest BCUT2D eigenvalue weighted by Gasteiger charge is -2.18. The van der Waals surface area contributed by atoms with Gasteiger partial charge in [0.2, 0.25) is 15.9 Å². The normalized spacial score (nSPS) is 17.8. The quantitative estimate of drug-likeness (QED) is 0.770. The summed E-state index contributed by atoms with van der Waals surface area (Å²) in [5.74, 6) is -0.140. The molecule has 1 aromatic heterocycles. The topological polar surface area (TPSA) is 110 Å². The third-order valence-electron chi connectivity index (χ3n) is 3.10. The first kappa shape index (κ1) is 14.8. The molecule has 0 saturated carbocycles. The van der Waals surface area contributed by atoms with Gasteiger partial charge in [-0.2, -0.15) is 9.40 Å². The molecule has 1 amide bonds. The summed E-state index contributed by atoms with van der Waals surface area (Å²) >= 11 is 0. The van der Waals surface area contributed by atoms with Crippen LogP contribution in [-0.4, -0.2) is 48.0 Å². The molecule has 0 aliphatic carbocycles. The maximum atomic E-state index is 12.5. The largest absolute Gasteiger partial charge is 0.381 e. The molecule has 8 nitrogen and oxygen atoms in total. The maximum Gasteiger partial charge on any atom is 0.248 e. The monoisotopic (exact) mass is 301 g/mol. The Bertz CT molecular complexity index is 595. The molecule has 112 valence electrons. The average molecular weight is 301 g/mol.